The normalized spacial score (nSPS) is 15.4. The lowest BCUT2D eigenvalue weighted by Gasteiger charge is -2.28. The van der Waals surface area contributed by atoms with Crippen molar-refractivity contribution in [3.63, 3.8) is 0 Å². The Hall–Kier alpha value is -2.87. The van der Waals surface area contributed by atoms with Gasteiger partial charge in [-0.05, 0) is 63.5 Å². The number of carbonyl (C=O) groups excluding carboxylic acids is 2. The lowest BCUT2D eigenvalue weighted by molar-refractivity contribution is -0.870. The molecule has 0 aromatic carbocycles. The molecule has 0 aliphatic rings. The van der Waals surface area contributed by atoms with E-state index in [-0.39, 0.29) is 32.3 Å². The maximum atomic E-state index is 12.8. The topological polar surface area (TPSA) is 185 Å². The first-order valence-corrected chi connectivity index (χ1v) is 25.5. The van der Waals surface area contributed by atoms with Gasteiger partial charge in [0, 0.05) is 25.7 Å². The lowest BCUT2D eigenvalue weighted by atomic mass is 10.0. The highest BCUT2D eigenvalue weighted by Gasteiger charge is 2.22. The van der Waals surface area contributed by atoms with Crippen molar-refractivity contribution in [2.45, 2.75) is 187 Å². The van der Waals surface area contributed by atoms with Crippen molar-refractivity contribution >= 4 is 19.8 Å². The number of allylic oxidation sites excluding steroid dienone is 6. The van der Waals surface area contributed by atoms with E-state index < -0.39 is 57.4 Å². The van der Waals surface area contributed by atoms with Gasteiger partial charge in [0.25, 0.3) is 7.82 Å². The van der Waals surface area contributed by atoms with Crippen molar-refractivity contribution in [1.29, 1.82) is 0 Å². The Kier molecular flexibility index (Phi) is 32.7. The van der Waals surface area contributed by atoms with Gasteiger partial charge in [-0.3, -0.25) is 14.2 Å². The number of quaternary nitrogens is 1. The van der Waals surface area contributed by atoms with Crippen LogP contribution in [0.25, 0.3) is 0 Å². The molecule has 1 heterocycles. The molecule has 0 amide bonds. The predicted molar refractivity (Wildman–Crippen MR) is 252 cm³/mol. The summed E-state index contributed by atoms with van der Waals surface area (Å²) in [5, 5.41) is 30.6. The van der Waals surface area contributed by atoms with Gasteiger partial charge in [0.05, 0.1) is 46.1 Å². The molecule has 14 heteroatoms. The summed E-state index contributed by atoms with van der Waals surface area (Å²) in [6, 6.07) is 0. The number of aryl methyl sites for hydroxylation is 2. The number of aliphatic hydroxyl groups excluding tert-OH is 3. The fourth-order valence-electron chi connectivity index (χ4n) is 6.69. The first kappa shape index (κ1) is 59.1. The van der Waals surface area contributed by atoms with Crippen LogP contribution in [0.5, 0.6) is 0 Å². The van der Waals surface area contributed by atoms with Crippen LogP contribution in [-0.2, 0) is 45.5 Å². The molecule has 0 radical (unpaired) electrons. The first-order chi connectivity index (χ1) is 30.5. The summed E-state index contributed by atoms with van der Waals surface area (Å²) in [4.78, 5) is 37.8. The van der Waals surface area contributed by atoms with Crippen molar-refractivity contribution in [1.82, 2.24) is 0 Å². The molecule has 0 fully saturated rings. The summed E-state index contributed by atoms with van der Waals surface area (Å²) in [6.45, 7) is 7.99. The number of aliphatic hydroxyl groups is 3. The van der Waals surface area contributed by atoms with Gasteiger partial charge < -0.3 is 47.6 Å². The van der Waals surface area contributed by atoms with Gasteiger partial charge in [0.1, 0.15) is 31.3 Å². The molecule has 13 nitrogen and oxygen atoms in total. The maximum Gasteiger partial charge on any atom is 0.306 e. The molecular weight excluding hydrogens is 838 g/mol. The monoisotopic (exact) mass is 924 g/mol. The number of rotatable bonds is 39. The van der Waals surface area contributed by atoms with Crippen molar-refractivity contribution in [2.75, 3.05) is 47.5 Å². The van der Waals surface area contributed by atoms with Crippen molar-refractivity contribution in [2.24, 2.45) is 0 Å². The highest BCUT2D eigenvalue weighted by atomic mass is 31.2. The van der Waals surface area contributed by atoms with Gasteiger partial charge in [0.15, 0.2) is 6.10 Å². The van der Waals surface area contributed by atoms with Crippen LogP contribution in [0, 0.1) is 13.8 Å². The largest absolute Gasteiger partial charge is 0.756 e. The van der Waals surface area contributed by atoms with Crippen LogP contribution in [0.4, 0.5) is 0 Å². The summed E-state index contributed by atoms with van der Waals surface area (Å²) in [5.41, 5.74) is 2.61. The van der Waals surface area contributed by atoms with Crippen LogP contribution < -0.4 is 4.89 Å². The molecule has 0 spiro atoms. The molecule has 0 saturated heterocycles. The number of phosphoric acid groups is 1. The molecule has 64 heavy (non-hydrogen) atoms. The number of likely N-dealkylation sites (N-methyl/N-ethyl adjacent to an activating group) is 1. The van der Waals surface area contributed by atoms with E-state index in [1.165, 1.54) is 36.5 Å². The van der Waals surface area contributed by atoms with Gasteiger partial charge in [-0.2, -0.15) is 0 Å². The van der Waals surface area contributed by atoms with Crippen LogP contribution in [0.2, 0.25) is 0 Å². The number of esters is 2. The fourth-order valence-corrected chi connectivity index (χ4v) is 7.42. The van der Waals surface area contributed by atoms with Crippen LogP contribution in [0.3, 0.4) is 0 Å². The second-order valence-corrected chi connectivity index (χ2v) is 19.3. The number of hydrogen-bond acceptors (Lipinski definition) is 12. The quantitative estimate of drug-likeness (QED) is 0.0187. The number of carbonyl (C=O) groups is 2. The van der Waals surface area contributed by atoms with E-state index in [0.717, 1.165) is 95.0 Å². The molecule has 5 atom stereocenters. The smallest absolute Gasteiger partial charge is 0.306 e. The second-order valence-electron chi connectivity index (χ2n) is 17.9. The standard InChI is InChI=1S/C50H86NO12P/c1-8-10-22-29-43(52)30-24-18-16-17-19-25-31-45(53)46(54)32-28-36-49(55)59-39-44(40-61-64(57,58)60-38-37-51(5,6)7)62-50(56)35-27-21-15-13-12-14-20-26-34-48-42(4)41(3)47(63-48)33-23-11-9-2/h16-19,24-25,30-31,43-46,52-54H,8-15,20-23,26-29,32-40H2,1-7H3/b18-16-,19-17+,30-24+,31-25+/t43-,44-,45-,46-/m1/s1. The Balaban J connectivity index is 2.48. The number of hydrogen-bond donors (Lipinski definition) is 3. The molecule has 1 rings (SSSR count). The summed E-state index contributed by atoms with van der Waals surface area (Å²) in [6.07, 6.45) is 27.6. The van der Waals surface area contributed by atoms with Crippen LogP contribution in [0.15, 0.2) is 53.0 Å². The molecular formula is C50H86NO12P. The van der Waals surface area contributed by atoms with Crippen LogP contribution in [-0.4, -0.2) is 104 Å². The highest BCUT2D eigenvalue weighted by Crippen LogP contribution is 2.38. The Bertz CT molecular complexity index is 1560. The average molecular weight is 924 g/mol. The van der Waals surface area contributed by atoms with Gasteiger partial charge in [-0.25, -0.2) is 0 Å². The summed E-state index contributed by atoms with van der Waals surface area (Å²) >= 11 is 0. The lowest BCUT2D eigenvalue weighted by Crippen LogP contribution is -2.37. The minimum Gasteiger partial charge on any atom is -0.756 e. The second kappa shape index (κ2) is 35.3. The van der Waals surface area contributed by atoms with E-state index >= 15 is 0 Å². The summed E-state index contributed by atoms with van der Waals surface area (Å²) < 4.78 is 40.0. The third-order valence-corrected chi connectivity index (χ3v) is 11.9. The molecule has 0 aliphatic heterocycles. The molecule has 0 bridgehead atoms. The highest BCUT2D eigenvalue weighted by molar-refractivity contribution is 7.45. The number of phosphoric ester groups is 1. The zero-order chi connectivity index (χ0) is 47.6. The van der Waals surface area contributed by atoms with Gasteiger partial charge in [0.2, 0.25) is 0 Å². The predicted octanol–water partition coefficient (Wildman–Crippen LogP) is 9.40. The third kappa shape index (κ3) is 31.1. The molecule has 1 aromatic rings. The van der Waals surface area contributed by atoms with E-state index in [1.807, 2.05) is 21.1 Å². The number of furan rings is 1. The van der Waals surface area contributed by atoms with Gasteiger partial charge in [-0.1, -0.05) is 133 Å². The average Bonchev–Trinajstić information content (AvgIpc) is 3.50. The van der Waals surface area contributed by atoms with Crippen molar-refractivity contribution in [3.8, 4) is 0 Å². The molecule has 1 aromatic heterocycles. The van der Waals surface area contributed by atoms with Gasteiger partial charge in [-0.15, -0.1) is 0 Å². The maximum absolute atomic E-state index is 12.8. The molecule has 0 saturated carbocycles. The number of nitrogens with zero attached hydrogens (tertiary/aromatic N) is 1. The summed E-state index contributed by atoms with van der Waals surface area (Å²) in [5.74, 6) is 1.10. The Morgan fingerprint density at radius 1 is 0.672 bits per heavy atom. The van der Waals surface area contributed by atoms with E-state index in [9.17, 15) is 34.4 Å². The zero-order valence-electron chi connectivity index (χ0n) is 40.5. The van der Waals surface area contributed by atoms with E-state index in [0.29, 0.717) is 17.4 Å². The number of unbranched alkanes of at least 4 members (excludes halogenated alkanes) is 11. The molecule has 3 N–H and O–H groups in total. The minimum absolute atomic E-state index is 0.0852. The summed E-state index contributed by atoms with van der Waals surface area (Å²) in [7, 11) is 0.949. The van der Waals surface area contributed by atoms with Crippen LogP contribution >= 0.6 is 7.82 Å². The molecule has 1 unspecified atom stereocenters. The minimum atomic E-state index is -4.73. The van der Waals surface area contributed by atoms with E-state index in [1.54, 1.807) is 42.5 Å². The van der Waals surface area contributed by atoms with E-state index in [4.69, 9.17) is 22.9 Å². The Morgan fingerprint density at radius 3 is 1.81 bits per heavy atom. The molecule has 368 valence electrons. The first-order valence-electron chi connectivity index (χ1n) is 24.0. The molecule has 0 aliphatic carbocycles. The SMILES string of the molecule is CCCCCc1oc(CCCCCCCCCCC(=O)O[C@H](COC(=O)CCC[C@@H](O)[C@H](O)/C=C/C=C/C=C\C=C\[C@H](O)CCCCC)COP(=O)([O-])OCC[N+](C)(C)C)c(C)c1C. The Labute approximate surface area is 386 Å². The number of ether oxygens (including phenoxy) is 2. The third-order valence-electron chi connectivity index (χ3n) is 10.9. The van der Waals surface area contributed by atoms with E-state index in [2.05, 4.69) is 27.7 Å². The van der Waals surface area contributed by atoms with Crippen LogP contribution in [0.1, 0.15) is 158 Å². The fraction of sp³-hybridized carbons (Fsp3) is 0.720. The van der Waals surface area contributed by atoms with Crippen molar-refractivity contribution < 1.29 is 61.8 Å². The van der Waals surface area contributed by atoms with Gasteiger partial charge >= 0.3 is 11.9 Å². The zero-order valence-corrected chi connectivity index (χ0v) is 41.4. The Morgan fingerprint density at radius 2 is 1.20 bits per heavy atom. The van der Waals surface area contributed by atoms with Crippen molar-refractivity contribution in [3.05, 3.63) is 71.3 Å².